The average Bonchev–Trinajstić information content (AvgIpc) is 2.14. The Balaban J connectivity index is 4.31. The van der Waals surface area contributed by atoms with Gasteiger partial charge in [0.2, 0.25) is 0 Å². The number of likely N-dealkylation sites (N-methyl/N-ethyl adjacent to an activating group) is 1. The molecular weight excluding hydrogens is 196 g/mol. The van der Waals surface area contributed by atoms with Crippen LogP contribution in [0.25, 0.3) is 0 Å². The highest BCUT2D eigenvalue weighted by Gasteiger charge is 2.19. The first kappa shape index (κ1) is 13.5. The average molecular weight is 212 g/mol. The van der Waals surface area contributed by atoms with Crippen molar-refractivity contribution in [3.8, 4) is 11.8 Å². The van der Waals surface area contributed by atoms with Crippen molar-refractivity contribution >= 4 is 11.9 Å². The number of hydrogen-bond acceptors (Lipinski definition) is 3. The van der Waals surface area contributed by atoms with E-state index in [-0.39, 0.29) is 0 Å². The van der Waals surface area contributed by atoms with E-state index in [0.29, 0.717) is 6.54 Å². The van der Waals surface area contributed by atoms with Crippen LogP contribution in [0, 0.1) is 11.8 Å². The molecule has 0 saturated carbocycles. The summed E-state index contributed by atoms with van der Waals surface area (Å²) < 4.78 is 0. The van der Waals surface area contributed by atoms with E-state index in [9.17, 15) is 9.59 Å². The molecule has 0 bridgehead atoms. The molecule has 0 rings (SSSR count). The van der Waals surface area contributed by atoms with Crippen LogP contribution in [-0.2, 0) is 9.59 Å². The third-order valence-corrected chi connectivity index (χ3v) is 1.85. The van der Waals surface area contributed by atoms with Crippen molar-refractivity contribution in [2.24, 2.45) is 0 Å². The van der Waals surface area contributed by atoms with Crippen molar-refractivity contribution in [1.29, 1.82) is 0 Å². The van der Waals surface area contributed by atoms with E-state index < -0.39 is 17.9 Å². The number of rotatable bonds is 3. The Morgan fingerprint density at radius 2 is 1.87 bits per heavy atom. The summed E-state index contributed by atoms with van der Waals surface area (Å²) in [5.74, 6) is 3.51. The molecule has 0 heterocycles. The van der Waals surface area contributed by atoms with Gasteiger partial charge in [0.15, 0.2) is 0 Å². The van der Waals surface area contributed by atoms with Crippen LogP contribution in [0.3, 0.4) is 0 Å². The van der Waals surface area contributed by atoms with Crippen molar-refractivity contribution in [2.75, 3.05) is 27.7 Å². The molecule has 0 aromatic carbocycles. The van der Waals surface area contributed by atoms with Crippen molar-refractivity contribution in [3.63, 3.8) is 0 Å². The Kier molecular flexibility index (Phi) is 5.42. The number of aliphatic carboxylic acids is 1. The SMILES string of the molecule is C[C@@H](C(=O)O)N(C)C(=O)C#CCN(C)C. The van der Waals surface area contributed by atoms with Gasteiger partial charge in [0, 0.05) is 7.05 Å². The lowest BCUT2D eigenvalue weighted by Gasteiger charge is -2.18. The molecule has 1 N–H and O–H groups in total. The fourth-order valence-corrected chi connectivity index (χ4v) is 0.703. The zero-order valence-electron chi connectivity index (χ0n) is 9.44. The molecule has 0 spiro atoms. The number of hydrogen-bond donors (Lipinski definition) is 1. The predicted octanol–water partition coefficient (Wildman–Crippen LogP) is -0.517. The Morgan fingerprint density at radius 3 is 2.27 bits per heavy atom. The number of carbonyl (C=O) groups excluding carboxylic acids is 1. The van der Waals surface area contributed by atoms with E-state index >= 15 is 0 Å². The summed E-state index contributed by atoms with van der Waals surface area (Å²) >= 11 is 0. The molecule has 0 aliphatic heterocycles. The second-order valence-corrected chi connectivity index (χ2v) is 3.47. The molecule has 0 unspecified atom stereocenters. The molecule has 0 radical (unpaired) electrons. The number of carbonyl (C=O) groups is 2. The van der Waals surface area contributed by atoms with Crippen LogP contribution in [-0.4, -0.2) is 60.5 Å². The fourth-order valence-electron chi connectivity index (χ4n) is 0.703. The molecule has 5 heteroatoms. The second-order valence-electron chi connectivity index (χ2n) is 3.47. The van der Waals surface area contributed by atoms with Crippen molar-refractivity contribution in [2.45, 2.75) is 13.0 Å². The zero-order valence-corrected chi connectivity index (χ0v) is 9.44. The Bertz CT molecular complexity index is 302. The van der Waals surface area contributed by atoms with E-state index in [1.165, 1.54) is 14.0 Å². The Morgan fingerprint density at radius 1 is 1.33 bits per heavy atom. The lowest BCUT2D eigenvalue weighted by atomic mass is 10.3. The Labute approximate surface area is 89.7 Å². The highest BCUT2D eigenvalue weighted by atomic mass is 16.4. The van der Waals surface area contributed by atoms with E-state index in [4.69, 9.17) is 5.11 Å². The monoisotopic (exact) mass is 212 g/mol. The summed E-state index contributed by atoms with van der Waals surface area (Å²) in [4.78, 5) is 24.8. The number of amides is 1. The van der Waals surface area contributed by atoms with E-state index in [1.807, 2.05) is 19.0 Å². The maximum Gasteiger partial charge on any atom is 0.326 e. The van der Waals surface area contributed by atoms with Gasteiger partial charge < -0.3 is 10.0 Å². The van der Waals surface area contributed by atoms with Crippen LogP contribution in [0.2, 0.25) is 0 Å². The molecule has 5 nitrogen and oxygen atoms in total. The topological polar surface area (TPSA) is 60.9 Å². The Hall–Kier alpha value is -1.54. The maximum atomic E-state index is 11.3. The van der Waals surface area contributed by atoms with Gasteiger partial charge in [-0.25, -0.2) is 4.79 Å². The molecule has 0 aliphatic carbocycles. The van der Waals surface area contributed by atoms with Crippen LogP contribution >= 0.6 is 0 Å². The molecular formula is C10H16N2O3. The lowest BCUT2D eigenvalue weighted by molar-refractivity contribution is -0.146. The van der Waals surface area contributed by atoms with Gasteiger partial charge in [-0.3, -0.25) is 9.69 Å². The number of carboxylic acids is 1. The highest BCUT2D eigenvalue weighted by molar-refractivity contribution is 5.95. The quantitative estimate of drug-likeness (QED) is 0.640. The summed E-state index contributed by atoms with van der Waals surface area (Å²) in [6, 6.07) is -0.855. The normalized spacial score (nSPS) is 11.5. The molecule has 0 fully saturated rings. The summed E-state index contributed by atoms with van der Waals surface area (Å²) in [6.07, 6.45) is 0. The highest BCUT2D eigenvalue weighted by Crippen LogP contribution is 1.95. The second kappa shape index (κ2) is 6.04. The van der Waals surface area contributed by atoms with Crippen LogP contribution in [0.15, 0.2) is 0 Å². The predicted molar refractivity (Wildman–Crippen MR) is 56.2 cm³/mol. The fraction of sp³-hybridized carbons (Fsp3) is 0.600. The molecule has 1 atom stereocenters. The van der Waals surface area contributed by atoms with Crippen LogP contribution in [0.4, 0.5) is 0 Å². The van der Waals surface area contributed by atoms with Crippen molar-refractivity contribution in [3.05, 3.63) is 0 Å². The van der Waals surface area contributed by atoms with E-state index in [1.54, 1.807) is 0 Å². The van der Waals surface area contributed by atoms with Gasteiger partial charge in [-0.1, -0.05) is 5.92 Å². The summed E-state index contributed by atoms with van der Waals surface area (Å²) in [7, 11) is 5.09. The van der Waals surface area contributed by atoms with Crippen LogP contribution in [0.1, 0.15) is 6.92 Å². The summed E-state index contributed by atoms with van der Waals surface area (Å²) in [5.41, 5.74) is 0. The third-order valence-electron chi connectivity index (χ3n) is 1.85. The molecule has 0 aromatic rings. The van der Waals surface area contributed by atoms with Gasteiger partial charge in [0.05, 0.1) is 6.54 Å². The standard InChI is InChI=1S/C10H16N2O3/c1-8(10(14)15)12(4)9(13)6-5-7-11(2)3/h8H,7H2,1-4H3,(H,14,15)/t8-/m0/s1. The van der Waals surface area contributed by atoms with Crippen molar-refractivity contribution in [1.82, 2.24) is 9.80 Å². The molecule has 1 amide bonds. The first-order valence-corrected chi connectivity index (χ1v) is 4.49. The molecule has 84 valence electrons. The molecule has 0 aromatic heterocycles. The largest absolute Gasteiger partial charge is 0.480 e. The maximum absolute atomic E-state index is 11.3. The zero-order chi connectivity index (χ0) is 12.0. The third kappa shape index (κ3) is 5.03. The van der Waals surface area contributed by atoms with Gasteiger partial charge in [-0.15, -0.1) is 0 Å². The summed E-state index contributed by atoms with van der Waals surface area (Å²) in [5, 5.41) is 8.66. The van der Waals surface area contributed by atoms with Gasteiger partial charge in [0.25, 0.3) is 5.91 Å². The van der Waals surface area contributed by atoms with E-state index in [0.717, 1.165) is 4.90 Å². The number of carboxylic acid groups (broad SMARTS) is 1. The van der Waals surface area contributed by atoms with Crippen LogP contribution in [0.5, 0.6) is 0 Å². The molecule has 15 heavy (non-hydrogen) atoms. The summed E-state index contributed by atoms with van der Waals surface area (Å²) in [6.45, 7) is 1.91. The molecule has 0 aliphatic rings. The first-order valence-electron chi connectivity index (χ1n) is 4.49. The lowest BCUT2D eigenvalue weighted by Crippen LogP contribution is -2.39. The minimum absolute atomic E-state index is 0.473. The first-order chi connectivity index (χ1) is 6.86. The van der Waals surface area contributed by atoms with Gasteiger partial charge >= 0.3 is 5.97 Å². The van der Waals surface area contributed by atoms with Gasteiger partial charge in [-0.05, 0) is 26.9 Å². The van der Waals surface area contributed by atoms with Gasteiger partial charge in [0.1, 0.15) is 6.04 Å². The van der Waals surface area contributed by atoms with Crippen molar-refractivity contribution < 1.29 is 14.7 Å². The van der Waals surface area contributed by atoms with Gasteiger partial charge in [-0.2, -0.15) is 0 Å². The number of nitrogens with zero attached hydrogens (tertiary/aromatic N) is 2. The minimum atomic E-state index is -1.04. The van der Waals surface area contributed by atoms with Crippen LogP contribution < -0.4 is 0 Å². The van der Waals surface area contributed by atoms with E-state index in [2.05, 4.69) is 11.8 Å². The smallest absolute Gasteiger partial charge is 0.326 e. The molecule has 0 saturated heterocycles. The minimum Gasteiger partial charge on any atom is -0.480 e.